The number of carbonyl (C=O) groups excluding carboxylic acids is 1. The predicted molar refractivity (Wildman–Crippen MR) is 125 cm³/mol. The van der Waals surface area contributed by atoms with Crippen LogP contribution in [0, 0.1) is 0 Å². The number of β-amino-alcohol motifs (C(OH)–C–C–N with tert-alkyl or cyclic N) is 1. The van der Waals surface area contributed by atoms with E-state index in [9.17, 15) is 36.2 Å². The first-order chi connectivity index (χ1) is 17.9. The van der Waals surface area contributed by atoms with Gasteiger partial charge in [-0.2, -0.15) is 26.3 Å². The minimum Gasteiger partial charge on any atom is -0.379 e. The van der Waals surface area contributed by atoms with Crippen LogP contribution in [0.4, 0.5) is 32.3 Å². The van der Waals surface area contributed by atoms with Gasteiger partial charge in [-0.15, -0.1) is 0 Å². The third-order valence-electron chi connectivity index (χ3n) is 6.97. The minimum atomic E-state index is -4.88. The van der Waals surface area contributed by atoms with Crippen LogP contribution in [0.15, 0.2) is 30.6 Å². The standard InChI is InChI=1S/C24H24F6N6O2/c25-23(26,27)17-11-33-21(34-14-2-1-6-31-9-14)35-19(17)16-10-32-18-8-13(3-4-15(16)18)20(37)36-7-5-22(38,12-36)24(28,29)30/h3-4,8,10-11,14,31-32,38H,1-2,5-7,9,12H2,(H,33,34,35)/t14?,22-/m1/s1. The van der Waals surface area contributed by atoms with Gasteiger partial charge in [-0.05, 0) is 31.5 Å². The Hall–Kier alpha value is -3.39. The van der Waals surface area contributed by atoms with Crippen LogP contribution in [0.3, 0.4) is 0 Å². The molecule has 0 bridgehead atoms. The highest BCUT2D eigenvalue weighted by molar-refractivity contribution is 6.02. The summed E-state index contributed by atoms with van der Waals surface area (Å²) in [6, 6.07) is 4.06. The fraction of sp³-hybridized carbons (Fsp3) is 0.458. The molecule has 5 rings (SSSR count). The molecule has 1 unspecified atom stereocenters. The molecule has 2 aliphatic heterocycles. The maximum Gasteiger partial charge on any atom is 0.419 e. The number of anilines is 1. The Morgan fingerprint density at radius 1 is 1.21 bits per heavy atom. The van der Waals surface area contributed by atoms with Gasteiger partial charge >= 0.3 is 12.4 Å². The van der Waals surface area contributed by atoms with Crippen LogP contribution in [0.5, 0.6) is 0 Å². The Labute approximate surface area is 212 Å². The molecule has 3 aromatic rings. The van der Waals surface area contributed by atoms with E-state index in [1.165, 1.54) is 24.4 Å². The van der Waals surface area contributed by atoms with Gasteiger partial charge in [0.25, 0.3) is 5.91 Å². The largest absolute Gasteiger partial charge is 0.419 e. The van der Waals surface area contributed by atoms with Crippen molar-refractivity contribution < 1.29 is 36.2 Å². The normalized spacial score (nSPS) is 22.7. The highest BCUT2D eigenvalue weighted by atomic mass is 19.4. The maximum atomic E-state index is 13.8. The number of aliphatic hydroxyl groups is 1. The van der Waals surface area contributed by atoms with Gasteiger partial charge in [0.1, 0.15) is 5.56 Å². The SMILES string of the molecule is O=C(c1ccc2c(-c3nc(NC4CCCNC4)ncc3C(F)(F)F)c[nH]c2c1)N1CC[C@](O)(C(F)(F)F)C1. The number of H-pyrrole nitrogens is 1. The molecule has 0 aliphatic carbocycles. The van der Waals surface area contributed by atoms with Crippen molar-refractivity contribution in [2.75, 3.05) is 31.5 Å². The van der Waals surface area contributed by atoms with E-state index in [0.717, 1.165) is 30.5 Å². The van der Waals surface area contributed by atoms with Gasteiger partial charge in [0.15, 0.2) is 5.60 Å². The zero-order valence-corrected chi connectivity index (χ0v) is 19.9. The number of halogens is 6. The average molecular weight is 542 g/mol. The number of amides is 1. The summed E-state index contributed by atoms with van der Waals surface area (Å²) >= 11 is 0. The summed E-state index contributed by atoms with van der Waals surface area (Å²) in [5.41, 5.74) is -3.90. The van der Waals surface area contributed by atoms with E-state index in [2.05, 4.69) is 25.6 Å². The van der Waals surface area contributed by atoms with Crippen molar-refractivity contribution >= 4 is 22.8 Å². The summed E-state index contributed by atoms with van der Waals surface area (Å²) in [6.07, 6.45) is -6.47. The van der Waals surface area contributed by atoms with Crippen molar-refractivity contribution in [2.45, 2.75) is 43.3 Å². The number of rotatable bonds is 4. The quantitative estimate of drug-likeness (QED) is 0.372. The van der Waals surface area contributed by atoms with Crippen LogP contribution in [0.25, 0.3) is 22.2 Å². The number of hydrogen-bond acceptors (Lipinski definition) is 6. The number of hydrogen-bond donors (Lipinski definition) is 4. The number of aromatic amines is 1. The number of nitrogens with one attached hydrogen (secondary N) is 3. The molecule has 1 amide bonds. The zero-order chi connectivity index (χ0) is 27.3. The fourth-order valence-corrected chi connectivity index (χ4v) is 4.86. The first-order valence-electron chi connectivity index (χ1n) is 12.0. The molecule has 0 radical (unpaired) electrons. The molecule has 14 heteroatoms. The molecule has 8 nitrogen and oxygen atoms in total. The molecule has 38 heavy (non-hydrogen) atoms. The Morgan fingerprint density at radius 3 is 2.66 bits per heavy atom. The van der Waals surface area contributed by atoms with Crippen molar-refractivity contribution in [1.82, 2.24) is 25.2 Å². The summed E-state index contributed by atoms with van der Waals surface area (Å²) in [7, 11) is 0. The molecule has 0 spiro atoms. The van der Waals surface area contributed by atoms with Crippen molar-refractivity contribution in [3.05, 3.63) is 41.7 Å². The third kappa shape index (κ3) is 4.89. The van der Waals surface area contributed by atoms with Crippen molar-refractivity contribution in [3.8, 4) is 11.3 Å². The lowest BCUT2D eigenvalue weighted by molar-refractivity contribution is -0.253. The molecule has 204 valence electrons. The first-order valence-corrected chi connectivity index (χ1v) is 12.0. The van der Waals surface area contributed by atoms with Gasteiger partial charge in [0.05, 0.1) is 12.2 Å². The van der Waals surface area contributed by atoms with Crippen LogP contribution in [0.2, 0.25) is 0 Å². The molecule has 4 N–H and O–H groups in total. The predicted octanol–water partition coefficient (Wildman–Crippen LogP) is 3.95. The average Bonchev–Trinajstić information content (AvgIpc) is 3.47. The first kappa shape index (κ1) is 26.2. The van der Waals surface area contributed by atoms with E-state index in [1.54, 1.807) is 0 Å². The Balaban J connectivity index is 1.45. The lowest BCUT2D eigenvalue weighted by atomic mass is 10.0. The van der Waals surface area contributed by atoms with Gasteiger partial charge in [-0.3, -0.25) is 4.79 Å². The van der Waals surface area contributed by atoms with E-state index >= 15 is 0 Å². The van der Waals surface area contributed by atoms with Crippen molar-refractivity contribution in [3.63, 3.8) is 0 Å². The van der Waals surface area contributed by atoms with E-state index in [1.807, 2.05) is 0 Å². The van der Waals surface area contributed by atoms with Gasteiger partial charge in [0, 0.05) is 60.0 Å². The van der Waals surface area contributed by atoms with E-state index in [0.29, 0.717) is 17.4 Å². The number of fused-ring (bicyclic) bond motifs is 1. The van der Waals surface area contributed by atoms with Crippen LogP contribution in [0.1, 0.15) is 35.2 Å². The molecule has 1 aromatic carbocycles. The lowest BCUT2D eigenvalue weighted by Crippen LogP contribution is -2.48. The second-order valence-corrected chi connectivity index (χ2v) is 9.61. The van der Waals surface area contributed by atoms with Crippen LogP contribution < -0.4 is 10.6 Å². The van der Waals surface area contributed by atoms with Gasteiger partial charge in [-0.25, -0.2) is 9.97 Å². The van der Waals surface area contributed by atoms with E-state index in [-0.39, 0.29) is 35.4 Å². The monoisotopic (exact) mass is 542 g/mol. The minimum absolute atomic E-state index is 0.0308. The zero-order valence-electron chi connectivity index (χ0n) is 19.9. The second kappa shape index (κ2) is 9.42. The lowest BCUT2D eigenvalue weighted by Gasteiger charge is -2.25. The van der Waals surface area contributed by atoms with Crippen molar-refractivity contribution in [1.29, 1.82) is 0 Å². The summed E-state index contributed by atoms with van der Waals surface area (Å²) in [4.78, 5) is 24.6. The molecule has 4 heterocycles. The number of benzene rings is 1. The molecule has 2 aromatic heterocycles. The second-order valence-electron chi connectivity index (χ2n) is 9.61. The number of alkyl halides is 6. The number of nitrogens with zero attached hydrogens (tertiary/aromatic N) is 3. The summed E-state index contributed by atoms with van der Waals surface area (Å²) in [5, 5.41) is 16.5. The van der Waals surface area contributed by atoms with Crippen LogP contribution in [-0.2, 0) is 6.18 Å². The fourth-order valence-electron chi connectivity index (χ4n) is 4.86. The van der Waals surface area contributed by atoms with E-state index < -0.39 is 42.4 Å². The number of likely N-dealkylation sites (tertiary alicyclic amines) is 1. The summed E-state index contributed by atoms with van der Waals surface area (Å²) in [6.45, 7) is 0.301. The van der Waals surface area contributed by atoms with E-state index in [4.69, 9.17) is 0 Å². The topological polar surface area (TPSA) is 106 Å². The third-order valence-corrected chi connectivity index (χ3v) is 6.97. The summed E-state index contributed by atoms with van der Waals surface area (Å²) in [5.74, 6) is -0.678. The summed E-state index contributed by atoms with van der Waals surface area (Å²) < 4.78 is 81.0. The Morgan fingerprint density at radius 2 is 2.00 bits per heavy atom. The molecular weight excluding hydrogens is 518 g/mol. The van der Waals surface area contributed by atoms with Crippen LogP contribution in [-0.4, -0.2) is 74.9 Å². The van der Waals surface area contributed by atoms with Gasteiger partial charge in [-0.1, -0.05) is 6.07 Å². The highest BCUT2D eigenvalue weighted by Crippen LogP contribution is 2.40. The molecule has 2 aliphatic rings. The molecule has 0 saturated carbocycles. The molecular formula is C24H24F6N6O2. The molecule has 2 saturated heterocycles. The number of carbonyl (C=O) groups is 1. The van der Waals surface area contributed by atoms with Gasteiger partial charge in [0.2, 0.25) is 5.95 Å². The molecule has 2 atom stereocenters. The Bertz CT molecular complexity index is 1350. The Kier molecular flexibility index (Phi) is 6.50. The maximum absolute atomic E-state index is 13.8. The number of piperidine rings is 1. The van der Waals surface area contributed by atoms with Crippen molar-refractivity contribution in [2.24, 2.45) is 0 Å². The van der Waals surface area contributed by atoms with Crippen LogP contribution >= 0.6 is 0 Å². The smallest absolute Gasteiger partial charge is 0.379 e. The van der Waals surface area contributed by atoms with Gasteiger partial charge < -0.3 is 25.6 Å². The number of aromatic nitrogens is 3. The molecule has 2 fully saturated rings. The highest BCUT2D eigenvalue weighted by Gasteiger charge is 2.57.